The van der Waals surface area contributed by atoms with Gasteiger partial charge in [0.2, 0.25) is 0 Å². The molecule has 0 atom stereocenters. The zero-order chi connectivity index (χ0) is 10.8. The van der Waals surface area contributed by atoms with Crippen molar-refractivity contribution in [3.63, 3.8) is 0 Å². The van der Waals surface area contributed by atoms with Gasteiger partial charge in [-0.3, -0.25) is 0 Å². The molecule has 1 heterocycles. The van der Waals surface area contributed by atoms with Crippen LogP contribution in [0.1, 0.15) is 26.3 Å². The van der Waals surface area contributed by atoms with Crippen LogP contribution in [0.2, 0.25) is 10.2 Å². The summed E-state index contributed by atoms with van der Waals surface area (Å²) in [7, 11) is 0. The molecule has 1 nitrogen and oxygen atoms in total. The second-order valence-electron chi connectivity index (χ2n) is 4.00. The molecule has 0 aliphatic rings. The predicted octanol–water partition coefficient (Wildman–Crippen LogP) is 4.42. The SMILES string of the molecule is CC(C)(C)SCc1cnc(Cl)cc1Cl. The summed E-state index contributed by atoms with van der Waals surface area (Å²) in [5.74, 6) is 0.868. The Kier molecular flexibility index (Phi) is 4.11. The molecule has 0 unspecified atom stereocenters. The van der Waals surface area contributed by atoms with Crippen LogP contribution in [0.5, 0.6) is 0 Å². The smallest absolute Gasteiger partial charge is 0.130 e. The molecule has 1 aromatic heterocycles. The van der Waals surface area contributed by atoms with Crippen LogP contribution in [0.4, 0.5) is 0 Å². The number of aromatic nitrogens is 1. The molecule has 1 aromatic rings. The third kappa shape index (κ3) is 4.07. The number of rotatable bonds is 2. The van der Waals surface area contributed by atoms with E-state index in [-0.39, 0.29) is 4.75 Å². The zero-order valence-corrected chi connectivity index (χ0v) is 10.8. The fraction of sp³-hybridized carbons (Fsp3) is 0.500. The van der Waals surface area contributed by atoms with Gasteiger partial charge in [0.15, 0.2) is 0 Å². The second-order valence-corrected chi connectivity index (χ2v) is 6.60. The van der Waals surface area contributed by atoms with Gasteiger partial charge in [-0.2, -0.15) is 11.8 Å². The molecule has 0 N–H and O–H groups in total. The first-order valence-corrected chi connectivity index (χ1v) is 6.06. The maximum Gasteiger partial charge on any atom is 0.130 e. The number of pyridine rings is 1. The average Bonchev–Trinajstić information content (AvgIpc) is 2.00. The fourth-order valence-electron chi connectivity index (χ4n) is 0.836. The monoisotopic (exact) mass is 249 g/mol. The fourth-order valence-corrected chi connectivity index (χ4v) is 2.17. The van der Waals surface area contributed by atoms with Crippen molar-refractivity contribution in [2.24, 2.45) is 0 Å². The summed E-state index contributed by atoms with van der Waals surface area (Å²) in [6, 6.07) is 1.68. The van der Waals surface area contributed by atoms with Gasteiger partial charge in [0.25, 0.3) is 0 Å². The molecule has 0 radical (unpaired) electrons. The molecule has 0 amide bonds. The molecule has 0 aromatic carbocycles. The van der Waals surface area contributed by atoms with Crippen molar-refractivity contribution >= 4 is 35.0 Å². The first-order valence-electron chi connectivity index (χ1n) is 4.32. The van der Waals surface area contributed by atoms with E-state index in [0.29, 0.717) is 10.2 Å². The van der Waals surface area contributed by atoms with Gasteiger partial charge in [-0.15, -0.1) is 0 Å². The van der Waals surface area contributed by atoms with Crippen molar-refractivity contribution in [2.75, 3.05) is 0 Å². The highest BCUT2D eigenvalue weighted by Gasteiger charge is 2.12. The Morgan fingerprint density at radius 1 is 1.36 bits per heavy atom. The van der Waals surface area contributed by atoms with Crippen molar-refractivity contribution < 1.29 is 0 Å². The van der Waals surface area contributed by atoms with Crippen molar-refractivity contribution in [1.29, 1.82) is 0 Å². The maximum absolute atomic E-state index is 6.02. The van der Waals surface area contributed by atoms with Crippen LogP contribution in [0, 0.1) is 0 Å². The summed E-state index contributed by atoms with van der Waals surface area (Å²) in [6.45, 7) is 6.53. The number of halogens is 2. The largest absolute Gasteiger partial charge is 0.244 e. The number of nitrogens with zero attached hydrogens (tertiary/aromatic N) is 1. The lowest BCUT2D eigenvalue weighted by atomic mass is 10.3. The Hall–Kier alpha value is 0.0800. The summed E-state index contributed by atoms with van der Waals surface area (Å²) in [4.78, 5) is 4.01. The van der Waals surface area contributed by atoms with Gasteiger partial charge < -0.3 is 0 Å². The van der Waals surface area contributed by atoms with Crippen molar-refractivity contribution in [1.82, 2.24) is 4.98 Å². The summed E-state index contributed by atoms with van der Waals surface area (Å²) in [5, 5.41) is 1.14. The van der Waals surface area contributed by atoms with Gasteiger partial charge in [-0.1, -0.05) is 44.0 Å². The zero-order valence-electron chi connectivity index (χ0n) is 8.47. The van der Waals surface area contributed by atoms with Crippen molar-refractivity contribution in [3.05, 3.63) is 28.0 Å². The molecule has 0 aliphatic heterocycles. The van der Waals surface area contributed by atoms with Crippen LogP contribution in [0.3, 0.4) is 0 Å². The summed E-state index contributed by atoms with van der Waals surface area (Å²) in [5.41, 5.74) is 1.04. The van der Waals surface area contributed by atoms with E-state index in [0.717, 1.165) is 11.3 Å². The number of thioether (sulfide) groups is 1. The van der Waals surface area contributed by atoms with E-state index in [2.05, 4.69) is 25.8 Å². The molecular formula is C10H13Cl2NS. The maximum atomic E-state index is 6.02. The Balaban J connectivity index is 2.68. The van der Waals surface area contributed by atoms with Crippen LogP contribution in [-0.4, -0.2) is 9.73 Å². The molecular weight excluding hydrogens is 237 g/mol. The van der Waals surface area contributed by atoms with Crippen LogP contribution in [0.25, 0.3) is 0 Å². The van der Waals surface area contributed by atoms with E-state index >= 15 is 0 Å². The highest BCUT2D eigenvalue weighted by molar-refractivity contribution is 7.99. The minimum Gasteiger partial charge on any atom is -0.244 e. The van der Waals surface area contributed by atoms with Gasteiger partial charge in [-0.05, 0) is 11.6 Å². The molecule has 0 saturated heterocycles. The van der Waals surface area contributed by atoms with E-state index in [1.165, 1.54) is 0 Å². The highest BCUT2D eigenvalue weighted by atomic mass is 35.5. The van der Waals surface area contributed by atoms with E-state index in [1.54, 1.807) is 12.3 Å². The molecule has 0 saturated carbocycles. The van der Waals surface area contributed by atoms with Crippen LogP contribution in [-0.2, 0) is 5.75 Å². The Morgan fingerprint density at radius 2 is 2.00 bits per heavy atom. The lowest BCUT2D eigenvalue weighted by molar-refractivity contribution is 0.802. The van der Waals surface area contributed by atoms with Gasteiger partial charge >= 0.3 is 0 Å². The Morgan fingerprint density at radius 3 is 2.50 bits per heavy atom. The molecule has 0 spiro atoms. The topological polar surface area (TPSA) is 12.9 Å². The van der Waals surface area contributed by atoms with Gasteiger partial charge in [-0.25, -0.2) is 4.98 Å². The molecule has 78 valence electrons. The van der Waals surface area contributed by atoms with Crippen LogP contribution < -0.4 is 0 Å². The first-order chi connectivity index (χ1) is 6.38. The van der Waals surface area contributed by atoms with E-state index in [4.69, 9.17) is 23.2 Å². The molecule has 0 fully saturated rings. The normalized spacial score (nSPS) is 11.8. The molecule has 0 bridgehead atoms. The second kappa shape index (κ2) is 4.73. The molecule has 4 heteroatoms. The molecule has 1 rings (SSSR count). The third-order valence-electron chi connectivity index (χ3n) is 1.56. The minimum absolute atomic E-state index is 0.239. The van der Waals surface area contributed by atoms with Gasteiger partial charge in [0.05, 0.1) is 0 Å². The van der Waals surface area contributed by atoms with E-state index in [1.807, 2.05) is 11.8 Å². The molecule has 0 aliphatic carbocycles. The van der Waals surface area contributed by atoms with Gasteiger partial charge in [0, 0.05) is 21.7 Å². The number of hydrogen-bond acceptors (Lipinski definition) is 2. The van der Waals surface area contributed by atoms with E-state index < -0.39 is 0 Å². The Bertz CT molecular complexity index is 320. The quantitative estimate of drug-likeness (QED) is 0.720. The van der Waals surface area contributed by atoms with Crippen molar-refractivity contribution in [3.8, 4) is 0 Å². The average molecular weight is 250 g/mol. The van der Waals surface area contributed by atoms with Crippen LogP contribution >= 0.6 is 35.0 Å². The van der Waals surface area contributed by atoms with E-state index in [9.17, 15) is 0 Å². The summed E-state index contributed by atoms with van der Waals surface area (Å²) < 4.78 is 0.239. The third-order valence-corrected chi connectivity index (χ3v) is 3.44. The lowest BCUT2D eigenvalue weighted by Crippen LogP contribution is -2.07. The summed E-state index contributed by atoms with van der Waals surface area (Å²) in [6.07, 6.45) is 1.74. The standard InChI is InChI=1S/C10H13Cl2NS/c1-10(2,3)14-6-7-5-13-9(12)4-8(7)11/h4-5H,6H2,1-3H3. The predicted molar refractivity (Wildman–Crippen MR) is 65.3 cm³/mol. The van der Waals surface area contributed by atoms with Gasteiger partial charge in [0.1, 0.15) is 5.15 Å². The molecule has 14 heavy (non-hydrogen) atoms. The number of hydrogen-bond donors (Lipinski definition) is 0. The van der Waals surface area contributed by atoms with Crippen molar-refractivity contribution in [2.45, 2.75) is 31.3 Å². The van der Waals surface area contributed by atoms with Crippen LogP contribution in [0.15, 0.2) is 12.3 Å². The minimum atomic E-state index is 0.239. The highest BCUT2D eigenvalue weighted by Crippen LogP contribution is 2.30. The summed E-state index contributed by atoms with van der Waals surface area (Å²) >= 11 is 13.6. The Labute approximate surface area is 99.2 Å². The lowest BCUT2D eigenvalue weighted by Gasteiger charge is -2.17. The first kappa shape index (κ1) is 12.2.